The summed E-state index contributed by atoms with van der Waals surface area (Å²) in [6.07, 6.45) is 0. The fourth-order valence-corrected chi connectivity index (χ4v) is 2.53. The van der Waals surface area contributed by atoms with Crippen molar-refractivity contribution in [2.24, 2.45) is 0 Å². The number of ketones is 2. The predicted molar refractivity (Wildman–Crippen MR) is 69.5 cm³/mol. The molecule has 0 unspecified atom stereocenters. The van der Waals surface area contributed by atoms with Crippen molar-refractivity contribution in [1.82, 2.24) is 0 Å². The summed E-state index contributed by atoms with van der Waals surface area (Å²) in [6, 6.07) is 10.2. The summed E-state index contributed by atoms with van der Waals surface area (Å²) in [4.78, 5) is 24.7. The van der Waals surface area contributed by atoms with E-state index in [1.165, 1.54) is 0 Å². The van der Waals surface area contributed by atoms with Crippen LogP contribution in [0.4, 0.5) is 0 Å². The normalized spacial score (nSPS) is 13.2. The lowest BCUT2D eigenvalue weighted by atomic mass is 9.83. The van der Waals surface area contributed by atoms with Crippen LogP contribution in [0.15, 0.2) is 36.4 Å². The van der Waals surface area contributed by atoms with Gasteiger partial charge in [-0.25, -0.2) is 0 Å². The van der Waals surface area contributed by atoms with Gasteiger partial charge in [0.1, 0.15) is 0 Å². The molecule has 0 aliphatic heterocycles. The molecule has 0 aromatic heterocycles. The number of rotatable bonds is 0. The molecule has 0 fully saturated rings. The van der Waals surface area contributed by atoms with Crippen LogP contribution in [0, 0.1) is 6.92 Å². The Balaban J connectivity index is 2.35. The first-order chi connectivity index (χ1) is 8.59. The second-order valence-corrected chi connectivity index (χ2v) is 4.78. The summed E-state index contributed by atoms with van der Waals surface area (Å²) in [5, 5.41) is 0.331. The highest BCUT2D eigenvalue weighted by Crippen LogP contribution is 2.31. The molecule has 18 heavy (non-hydrogen) atoms. The zero-order valence-corrected chi connectivity index (χ0v) is 10.4. The summed E-state index contributed by atoms with van der Waals surface area (Å²) in [5.74, 6) is -0.309. The molecule has 1 aliphatic carbocycles. The molecule has 2 aromatic rings. The summed E-state index contributed by atoms with van der Waals surface area (Å²) < 4.78 is 0. The molecule has 0 N–H and O–H groups in total. The molecule has 2 nitrogen and oxygen atoms in total. The van der Waals surface area contributed by atoms with E-state index in [0.29, 0.717) is 27.3 Å². The van der Waals surface area contributed by atoms with Crippen molar-refractivity contribution in [3.63, 3.8) is 0 Å². The van der Waals surface area contributed by atoms with E-state index in [1.54, 1.807) is 30.3 Å². The molecule has 0 saturated carbocycles. The van der Waals surface area contributed by atoms with Gasteiger partial charge in [0.25, 0.3) is 0 Å². The number of hydrogen-bond acceptors (Lipinski definition) is 2. The molecule has 0 amide bonds. The highest BCUT2D eigenvalue weighted by Gasteiger charge is 2.30. The Bertz CT molecular complexity index is 698. The van der Waals surface area contributed by atoms with Crippen LogP contribution in [0.25, 0.3) is 0 Å². The van der Waals surface area contributed by atoms with E-state index in [4.69, 9.17) is 11.6 Å². The van der Waals surface area contributed by atoms with Crippen LogP contribution in [0.3, 0.4) is 0 Å². The van der Waals surface area contributed by atoms with Gasteiger partial charge in [-0.1, -0.05) is 41.4 Å². The van der Waals surface area contributed by atoms with Gasteiger partial charge in [0.15, 0.2) is 11.6 Å². The Morgan fingerprint density at radius 2 is 1.67 bits per heavy atom. The first-order valence-electron chi connectivity index (χ1n) is 5.58. The fraction of sp³-hybridized carbons (Fsp3) is 0.0667. The Hall–Kier alpha value is -1.93. The smallest absolute Gasteiger partial charge is 0.196 e. The Morgan fingerprint density at radius 3 is 2.44 bits per heavy atom. The van der Waals surface area contributed by atoms with Gasteiger partial charge >= 0.3 is 0 Å². The van der Waals surface area contributed by atoms with E-state index in [9.17, 15) is 9.59 Å². The maximum Gasteiger partial charge on any atom is 0.196 e. The molecule has 88 valence electrons. The minimum absolute atomic E-state index is 0.134. The highest BCUT2D eigenvalue weighted by atomic mass is 35.5. The van der Waals surface area contributed by atoms with Gasteiger partial charge in [-0.3, -0.25) is 9.59 Å². The highest BCUT2D eigenvalue weighted by molar-refractivity contribution is 6.39. The molecule has 2 aromatic carbocycles. The van der Waals surface area contributed by atoms with Crippen molar-refractivity contribution >= 4 is 23.2 Å². The maximum atomic E-state index is 12.3. The van der Waals surface area contributed by atoms with Crippen molar-refractivity contribution in [2.75, 3.05) is 0 Å². The van der Waals surface area contributed by atoms with Crippen LogP contribution >= 0.6 is 11.6 Å². The number of hydrogen-bond donors (Lipinski definition) is 0. The molecule has 0 saturated heterocycles. The SMILES string of the molecule is Cc1ccc2c(c1)C(=O)c1cccc(Cl)c1C2=O. The fourth-order valence-electron chi connectivity index (χ4n) is 2.27. The lowest BCUT2D eigenvalue weighted by molar-refractivity contribution is 0.0979. The third kappa shape index (κ3) is 1.42. The second kappa shape index (κ2) is 3.79. The van der Waals surface area contributed by atoms with Crippen LogP contribution < -0.4 is 0 Å². The Labute approximate surface area is 109 Å². The number of halogens is 1. The second-order valence-electron chi connectivity index (χ2n) is 4.37. The van der Waals surface area contributed by atoms with Crippen LogP contribution in [-0.2, 0) is 0 Å². The molecule has 0 heterocycles. The lowest BCUT2D eigenvalue weighted by Crippen LogP contribution is -2.21. The first-order valence-corrected chi connectivity index (χ1v) is 5.96. The summed E-state index contributed by atoms with van der Waals surface area (Å²) in [7, 11) is 0. The number of benzene rings is 2. The lowest BCUT2D eigenvalue weighted by Gasteiger charge is -2.18. The van der Waals surface area contributed by atoms with E-state index in [1.807, 2.05) is 13.0 Å². The predicted octanol–water partition coefficient (Wildman–Crippen LogP) is 3.42. The van der Waals surface area contributed by atoms with Crippen molar-refractivity contribution in [2.45, 2.75) is 6.92 Å². The first kappa shape index (κ1) is 11.2. The standard InChI is InChI=1S/C15H9ClO2/c1-8-5-6-9-11(7-8)14(17)10-3-2-4-12(16)13(10)15(9)18/h2-7H,1H3. The number of carbonyl (C=O) groups excluding carboxylic acids is 2. The largest absolute Gasteiger partial charge is 0.289 e. The van der Waals surface area contributed by atoms with Crippen LogP contribution in [0.5, 0.6) is 0 Å². The van der Waals surface area contributed by atoms with Crippen LogP contribution in [0.1, 0.15) is 37.4 Å². The quantitative estimate of drug-likeness (QED) is 0.618. The summed E-state index contributed by atoms with van der Waals surface area (Å²) >= 11 is 6.03. The molecular weight excluding hydrogens is 248 g/mol. The van der Waals surface area contributed by atoms with Crippen molar-refractivity contribution in [3.05, 3.63) is 69.2 Å². The zero-order valence-electron chi connectivity index (χ0n) is 9.66. The summed E-state index contributed by atoms with van der Waals surface area (Å²) in [5.41, 5.74) is 2.58. The number of fused-ring (bicyclic) bond motifs is 2. The molecule has 0 bridgehead atoms. The topological polar surface area (TPSA) is 34.1 Å². The van der Waals surface area contributed by atoms with Gasteiger partial charge in [0.2, 0.25) is 0 Å². The third-order valence-electron chi connectivity index (χ3n) is 3.15. The zero-order chi connectivity index (χ0) is 12.9. The van der Waals surface area contributed by atoms with E-state index in [-0.39, 0.29) is 11.6 Å². The van der Waals surface area contributed by atoms with Crippen molar-refractivity contribution < 1.29 is 9.59 Å². The molecule has 3 rings (SSSR count). The minimum atomic E-state index is -0.176. The van der Waals surface area contributed by atoms with Gasteiger partial charge in [-0.05, 0) is 19.1 Å². The average molecular weight is 257 g/mol. The molecule has 0 radical (unpaired) electrons. The molecule has 1 aliphatic rings. The van der Waals surface area contributed by atoms with E-state index >= 15 is 0 Å². The molecular formula is C15H9ClO2. The average Bonchev–Trinajstić information content (AvgIpc) is 2.35. The van der Waals surface area contributed by atoms with Gasteiger partial charge in [0, 0.05) is 16.7 Å². The van der Waals surface area contributed by atoms with Crippen LogP contribution in [-0.4, -0.2) is 11.6 Å². The maximum absolute atomic E-state index is 12.3. The Morgan fingerprint density at radius 1 is 0.889 bits per heavy atom. The van der Waals surface area contributed by atoms with E-state index in [2.05, 4.69) is 0 Å². The molecule has 0 spiro atoms. The van der Waals surface area contributed by atoms with Crippen molar-refractivity contribution in [1.29, 1.82) is 0 Å². The summed E-state index contributed by atoms with van der Waals surface area (Å²) in [6.45, 7) is 1.89. The van der Waals surface area contributed by atoms with Gasteiger partial charge in [-0.2, -0.15) is 0 Å². The van der Waals surface area contributed by atoms with Crippen LogP contribution in [0.2, 0.25) is 5.02 Å². The number of carbonyl (C=O) groups is 2. The molecule has 3 heteroatoms. The van der Waals surface area contributed by atoms with E-state index < -0.39 is 0 Å². The van der Waals surface area contributed by atoms with Gasteiger partial charge in [0.05, 0.1) is 10.6 Å². The molecule has 0 atom stereocenters. The Kier molecular flexibility index (Phi) is 2.35. The van der Waals surface area contributed by atoms with Crippen molar-refractivity contribution in [3.8, 4) is 0 Å². The minimum Gasteiger partial charge on any atom is -0.289 e. The van der Waals surface area contributed by atoms with E-state index in [0.717, 1.165) is 5.56 Å². The third-order valence-corrected chi connectivity index (χ3v) is 3.46. The van der Waals surface area contributed by atoms with Gasteiger partial charge < -0.3 is 0 Å². The van der Waals surface area contributed by atoms with Gasteiger partial charge in [-0.15, -0.1) is 0 Å². The number of aryl methyl sites for hydroxylation is 1. The monoisotopic (exact) mass is 256 g/mol.